The summed E-state index contributed by atoms with van der Waals surface area (Å²) >= 11 is 0. The minimum Gasteiger partial charge on any atom is -0.504 e. The molecule has 2 aliphatic carbocycles. The first-order chi connectivity index (χ1) is 15.3. The van der Waals surface area contributed by atoms with Gasteiger partial charge in [-0.2, -0.15) is 0 Å². The molecule has 0 radical (unpaired) electrons. The Morgan fingerprint density at radius 3 is 2.97 bits per heavy atom. The molecule has 0 unspecified atom stereocenters. The Morgan fingerprint density at radius 1 is 1.34 bits per heavy atom. The summed E-state index contributed by atoms with van der Waals surface area (Å²) in [5.74, 6) is 0.545. The molecule has 2 bridgehead atoms. The third-order valence-electron chi connectivity index (χ3n) is 8.50. The second kappa shape index (κ2) is 6.62. The highest BCUT2D eigenvalue weighted by Gasteiger charge is 2.72. The number of carbonyl (C=O) groups is 1. The van der Waals surface area contributed by atoms with E-state index in [9.17, 15) is 15.0 Å². The molecular formula is C25H28N2O5. The molecule has 4 aliphatic rings. The number of hydrogen-bond acceptors (Lipinski definition) is 6. The molecule has 1 spiro atoms. The Balaban J connectivity index is 1.38. The molecule has 6 rings (SSSR count). The maximum absolute atomic E-state index is 13.0. The van der Waals surface area contributed by atoms with Gasteiger partial charge < -0.3 is 29.2 Å². The third kappa shape index (κ3) is 2.41. The van der Waals surface area contributed by atoms with Crippen molar-refractivity contribution in [3.05, 3.63) is 53.5 Å². The van der Waals surface area contributed by atoms with Crippen molar-refractivity contribution < 1.29 is 24.2 Å². The van der Waals surface area contributed by atoms with Crippen molar-refractivity contribution in [2.45, 2.75) is 54.9 Å². The van der Waals surface area contributed by atoms with Crippen LogP contribution < -0.4 is 4.74 Å². The summed E-state index contributed by atoms with van der Waals surface area (Å²) in [6, 6.07) is 5.25. The first kappa shape index (κ1) is 19.9. The first-order valence-corrected chi connectivity index (χ1v) is 11.3. The molecule has 3 heterocycles. The van der Waals surface area contributed by atoms with Crippen molar-refractivity contribution >= 4 is 12.0 Å². The lowest BCUT2D eigenvalue weighted by Crippen LogP contribution is -2.77. The monoisotopic (exact) mass is 436 g/mol. The molecule has 32 heavy (non-hydrogen) atoms. The van der Waals surface area contributed by atoms with Crippen LogP contribution in [0.3, 0.4) is 0 Å². The molecule has 2 aliphatic heterocycles. The predicted molar refractivity (Wildman–Crippen MR) is 117 cm³/mol. The number of aliphatic hydroxyl groups is 1. The zero-order valence-electron chi connectivity index (χ0n) is 18.3. The van der Waals surface area contributed by atoms with E-state index in [-0.39, 0.29) is 29.8 Å². The quantitative estimate of drug-likeness (QED) is 0.719. The van der Waals surface area contributed by atoms with Crippen LogP contribution in [-0.2, 0) is 16.6 Å². The molecule has 1 aromatic heterocycles. The van der Waals surface area contributed by atoms with Crippen molar-refractivity contribution in [3.8, 4) is 11.5 Å². The van der Waals surface area contributed by atoms with Crippen LogP contribution in [0.25, 0.3) is 6.08 Å². The van der Waals surface area contributed by atoms with Crippen molar-refractivity contribution in [2.75, 3.05) is 20.6 Å². The Labute approximate surface area is 186 Å². The summed E-state index contributed by atoms with van der Waals surface area (Å²) < 4.78 is 11.5. The van der Waals surface area contributed by atoms with Gasteiger partial charge in [-0.25, -0.2) is 0 Å². The Kier molecular flexibility index (Phi) is 4.11. The summed E-state index contributed by atoms with van der Waals surface area (Å²) in [4.78, 5) is 16.9. The van der Waals surface area contributed by atoms with E-state index in [1.54, 1.807) is 48.8 Å². The van der Waals surface area contributed by atoms with Gasteiger partial charge in [-0.1, -0.05) is 6.07 Å². The summed E-state index contributed by atoms with van der Waals surface area (Å²) in [6.07, 6.45) is 8.74. The number of nitrogens with zero attached hydrogens (tertiary/aromatic N) is 2. The summed E-state index contributed by atoms with van der Waals surface area (Å²) in [5, 5.41) is 23.0. The number of piperidine rings is 1. The molecule has 1 aromatic carbocycles. The molecule has 2 N–H and O–H groups in total. The SMILES string of the molecule is CN1CC[C@]23c4c5ccc(O)c4O[C@H]2C[C@H](N(C)C(=O)/C=C/c2ccoc2)C[C@@]3(O)[C@H]1C5. The number of furan rings is 1. The maximum Gasteiger partial charge on any atom is 0.246 e. The molecule has 2 aromatic rings. The molecule has 1 saturated heterocycles. The minimum absolute atomic E-state index is 0.0573. The average Bonchev–Trinajstić information content (AvgIpc) is 3.40. The number of rotatable bonds is 3. The number of phenols is 1. The lowest BCUT2D eigenvalue weighted by molar-refractivity contribution is -0.194. The summed E-state index contributed by atoms with van der Waals surface area (Å²) in [6.45, 7) is 0.869. The lowest BCUT2D eigenvalue weighted by atomic mass is 9.48. The Bertz CT molecular complexity index is 1110. The molecule has 2 fully saturated rings. The van der Waals surface area contributed by atoms with E-state index in [0.29, 0.717) is 25.0 Å². The Morgan fingerprint density at radius 2 is 2.19 bits per heavy atom. The van der Waals surface area contributed by atoms with Crippen molar-refractivity contribution in [3.63, 3.8) is 0 Å². The van der Waals surface area contributed by atoms with Gasteiger partial charge in [0.25, 0.3) is 0 Å². The van der Waals surface area contributed by atoms with Gasteiger partial charge in [0.2, 0.25) is 5.91 Å². The normalized spacial score (nSPS) is 34.9. The lowest BCUT2D eigenvalue weighted by Gasteiger charge is -2.64. The fraction of sp³-hybridized carbons (Fsp3) is 0.480. The molecular weight excluding hydrogens is 408 g/mol. The van der Waals surface area contributed by atoms with Gasteiger partial charge in [-0.05, 0) is 56.6 Å². The van der Waals surface area contributed by atoms with Gasteiger partial charge in [0, 0.05) is 42.8 Å². The molecule has 7 heteroatoms. The van der Waals surface area contributed by atoms with E-state index in [2.05, 4.69) is 11.9 Å². The van der Waals surface area contributed by atoms with Gasteiger partial charge in [-0.15, -0.1) is 0 Å². The second-order valence-electron chi connectivity index (χ2n) is 9.83. The highest BCUT2D eigenvalue weighted by molar-refractivity contribution is 5.91. The number of likely N-dealkylation sites (N-methyl/N-ethyl adjacent to an activating group) is 2. The van der Waals surface area contributed by atoms with Gasteiger partial charge in [0.15, 0.2) is 11.5 Å². The molecule has 1 amide bonds. The van der Waals surface area contributed by atoms with Crippen molar-refractivity contribution in [1.29, 1.82) is 0 Å². The summed E-state index contributed by atoms with van der Waals surface area (Å²) in [5.41, 5.74) is 1.41. The fourth-order valence-corrected chi connectivity index (χ4v) is 6.88. The van der Waals surface area contributed by atoms with E-state index in [1.807, 2.05) is 6.07 Å². The van der Waals surface area contributed by atoms with E-state index >= 15 is 0 Å². The number of aromatic hydroxyl groups is 1. The fourth-order valence-electron chi connectivity index (χ4n) is 6.88. The molecule has 1 saturated carbocycles. The Hall–Kier alpha value is -2.77. The van der Waals surface area contributed by atoms with E-state index in [4.69, 9.17) is 9.15 Å². The van der Waals surface area contributed by atoms with Crippen LogP contribution in [0.15, 0.2) is 41.2 Å². The molecule has 168 valence electrons. The highest BCUT2D eigenvalue weighted by atomic mass is 16.5. The summed E-state index contributed by atoms with van der Waals surface area (Å²) in [7, 11) is 3.86. The molecule has 7 nitrogen and oxygen atoms in total. The van der Waals surface area contributed by atoms with Crippen LogP contribution >= 0.6 is 0 Å². The number of benzene rings is 1. The average molecular weight is 437 g/mol. The van der Waals surface area contributed by atoms with Crippen LogP contribution in [0.4, 0.5) is 0 Å². The van der Waals surface area contributed by atoms with Gasteiger partial charge in [-0.3, -0.25) is 4.79 Å². The van der Waals surface area contributed by atoms with Crippen molar-refractivity contribution in [2.24, 2.45) is 0 Å². The van der Waals surface area contributed by atoms with Crippen LogP contribution in [0.2, 0.25) is 0 Å². The van der Waals surface area contributed by atoms with Crippen LogP contribution in [-0.4, -0.2) is 70.3 Å². The second-order valence-corrected chi connectivity index (χ2v) is 9.83. The third-order valence-corrected chi connectivity index (χ3v) is 8.50. The number of ether oxygens (including phenoxy) is 1. The number of hydrogen-bond donors (Lipinski definition) is 2. The topological polar surface area (TPSA) is 86.4 Å². The zero-order chi connectivity index (χ0) is 22.3. The van der Waals surface area contributed by atoms with Crippen LogP contribution in [0.5, 0.6) is 11.5 Å². The minimum atomic E-state index is -1.04. The van der Waals surface area contributed by atoms with Crippen LogP contribution in [0, 0.1) is 0 Å². The first-order valence-electron chi connectivity index (χ1n) is 11.3. The number of carbonyl (C=O) groups excluding carboxylic acids is 1. The number of likely N-dealkylation sites (tertiary alicyclic amines) is 1. The zero-order valence-corrected chi connectivity index (χ0v) is 18.3. The van der Waals surface area contributed by atoms with Crippen LogP contribution in [0.1, 0.15) is 36.0 Å². The standard InChI is InChI=1S/C25H28N2O5/c1-26-9-8-24-20-12-17(27(2)21(29)6-3-15-7-10-31-14-15)13-25(24,30)19(26)11-16-4-5-18(28)23(32-20)22(16)24/h3-7,10,14,17,19-20,28,30H,8-9,11-13H2,1-2H3/b6-3+/t17-,19+,20-,24+,25+/m0/s1. The van der Waals surface area contributed by atoms with E-state index in [1.165, 1.54) is 0 Å². The number of phenolic OH excluding ortho intramolecular Hbond substituents is 1. The largest absolute Gasteiger partial charge is 0.504 e. The van der Waals surface area contributed by atoms with E-state index in [0.717, 1.165) is 29.7 Å². The smallest absolute Gasteiger partial charge is 0.246 e. The maximum atomic E-state index is 13.0. The predicted octanol–water partition coefficient (Wildman–Crippen LogP) is 2.31. The van der Waals surface area contributed by atoms with Crippen molar-refractivity contribution in [1.82, 2.24) is 9.80 Å². The van der Waals surface area contributed by atoms with Gasteiger partial charge in [0.1, 0.15) is 6.10 Å². The van der Waals surface area contributed by atoms with Gasteiger partial charge >= 0.3 is 0 Å². The highest BCUT2D eigenvalue weighted by Crippen LogP contribution is 2.65. The number of amides is 1. The molecule has 5 atom stereocenters. The van der Waals surface area contributed by atoms with E-state index < -0.39 is 11.0 Å². The van der Waals surface area contributed by atoms with Gasteiger partial charge in [0.05, 0.1) is 23.5 Å².